The standard InChI is InChI=1S/C18H18FNO4/c1-11-4-5-13(10-16(11)23-3)18(22)24-12(2)17(21)20-15-8-6-14(19)7-9-15/h4-10,12H,1-3H3,(H,20,21)/t12-/m0/s1. The normalized spacial score (nSPS) is 11.5. The summed E-state index contributed by atoms with van der Waals surface area (Å²) in [6.45, 7) is 3.31. The molecule has 0 saturated carbocycles. The van der Waals surface area contributed by atoms with Gasteiger partial charge in [0.1, 0.15) is 11.6 Å². The minimum absolute atomic E-state index is 0.291. The number of amides is 1. The molecule has 0 aliphatic heterocycles. The highest BCUT2D eigenvalue weighted by Crippen LogP contribution is 2.20. The molecule has 0 radical (unpaired) electrons. The van der Waals surface area contributed by atoms with E-state index in [0.717, 1.165) is 5.56 Å². The lowest BCUT2D eigenvalue weighted by molar-refractivity contribution is -0.123. The molecule has 2 aromatic rings. The second-order valence-corrected chi connectivity index (χ2v) is 5.23. The maximum atomic E-state index is 12.8. The largest absolute Gasteiger partial charge is 0.496 e. The summed E-state index contributed by atoms with van der Waals surface area (Å²) in [5.74, 6) is -0.974. The Labute approximate surface area is 139 Å². The molecule has 126 valence electrons. The third-order valence-electron chi connectivity index (χ3n) is 3.41. The lowest BCUT2D eigenvalue weighted by atomic mass is 10.1. The van der Waals surface area contributed by atoms with Crippen molar-refractivity contribution in [2.24, 2.45) is 0 Å². The van der Waals surface area contributed by atoms with Crippen LogP contribution < -0.4 is 10.1 Å². The van der Waals surface area contributed by atoms with Gasteiger partial charge in [0.05, 0.1) is 12.7 Å². The van der Waals surface area contributed by atoms with E-state index >= 15 is 0 Å². The van der Waals surface area contributed by atoms with Crippen LogP contribution >= 0.6 is 0 Å². The number of hydrogen-bond donors (Lipinski definition) is 1. The van der Waals surface area contributed by atoms with Crippen molar-refractivity contribution >= 4 is 17.6 Å². The molecule has 0 heterocycles. The zero-order valence-corrected chi connectivity index (χ0v) is 13.6. The Hall–Kier alpha value is -2.89. The molecule has 0 aromatic heterocycles. The molecule has 0 fully saturated rings. The van der Waals surface area contributed by atoms with Gasteiger partial charge in [0, 0.05) is 5.69 Å². The van der Waals surface area contributed by atoms with Crippen LogP contribution in [0.15, 0.2) is 42.5 Å². The highest BCUT2D eigenvalue weighted by atomic mass is 19.1. The van der Waals surface area contributed by atoms with Crippen molar-refractivity contribution in [3.05, 3.63) is 59.4 Å². The Morgan fingerprint density at radius 2 is 1.79 bits per heavy atom. The molecule has 0 aliphatic carbocycles. The summed E-state index contributed by atoms with van der Waals surface area (Å²) in [5, 5.41) is 2.55. The number of aryl methyl sites for hydroxylation is 1. The third kappa shape index (κ3) is 4.32. The molecule has 0 unspecified atom stereocenters. The number of hydrogen-bond acceptors (Lipinski definition) is 4. The fourth-order valence-corrected chi connectivity index (χ4v) is 2.01. The first-order valence-electron chi connectivity index (χ1n) is 7.32. The lowest BCUT2D eigenvalue weighted by Crippen LogP contribution is -2.30. The maximum absolute atomic E-state index is 12.8. The molecule has 0 aliphatic rings. The first-order chi connectivity index (χ1) is 11.4. The topological polar surface area (TPSA) is 64.6 Å². The summed E-state index contributed by atoms with van der Waals surface area (Å²) in [6, 6.07) is 10.2. The Morgan fingerprint density at radius 1 is 1.12 bits per heavy atom. The van der Waals surface area contributed by atoms with Gasteiger partial charge in [-0.15, -0.1) is 0 Å². The number of halogens is 1. The van der Waals surface area contributed by atoms with Crippen LogP contribution in [0.2, 0.25) is 0 Å². The summed E-state index contributed by atoms with van der Waals surface area (Å²) >= 11 is 0. The number of methoxy groups -OCH3 is 1. The van der Waals surface area contributed by atoms with Crippen molar-refractivity contribution in [3.63, 3.8) is 0 Å². The SMILES string of the molecule is COc1cc(C(=O)O[C@@H](C)C(=O)Nc2ccc(F)cc2)ccc1C. The molecule has 5 nitrogen and oxygen atoms in total. The van der Waals surface area contributed by atoms with E-state index in [2.05, 4.69) is 5.32 Å². The zero-order valence-electron chi connectivity index (χ0n) is 13.6. The number of esters is 1. The van der Waals surface area contributed by atoms with E-state index in [4.69, 9.17) is 9.47 Å². The molecule has 24 heavy (non-hydrogen) atoms. The molecule has 2 rings (SSSR count). The van der Waals surface area contributed by atoms with Crippen LogP contribution in [-0.4, -0.2) is 25.1 Å². The molecule has 0 saturated heterocycles. The smallest absolute Gasteiger partial charge is 0.339 e. The summed E-state index contributed by atoms with van der Waals surface area (Å²) in [7, 11) is 1.51. The third-order valence-corrected chi connectivity index (χ3v) is 3.41. The zero-order chi connectivity index (χ0) is 17.7. The molecule has 6 heteroatoms. The van der Waals surface area contributed by atoms with Crippen molar-refractivity contribution in [3.8, 4) is 5.75 Å². The molecule has 2 aromatic carbocycles. The van der Waals surface area contributed by atoms with Gasteiger partial charge < -0.3 is 14.8 Å². The lowest BCUT2D eigenvalue weighted by Gasteiger charge is -2.14. The Morgan fingerprint density at radius 3 is 2.42 bits per heavy atom. The molecule has 1 N–H and O–H groups in total. The van der Waals surface area contributed by atoms with Crippen molar-refractivity contribution in [1.29, 1.82) is 0 Å². The van der Waals surface area contributed by atoms with E-state index in [1.54, 1.807) is 18.2 Å². The van der Waals surface area contributed by atoms with Crippen LogP contribution in [0.25, 0.3) is 0 Å². The quantitative estimate of drug-likeness (QED) is 0.854. The van der Waals surface area contributed by atoms with E-state index < -0.39 is 23.8 Å². The van der Waals surface area contributed by atoms with Crippen LogP contribution in [-0.2, 0) is 9.53 Å². The summed E-state index contributed by atoms with van der Waals surface area (Å²) in [5.41, 5.74) is 1.59. The predicted molar refractivity (Wildman–Crippen MR) is 87.6 cm³/mol. The van der Waals surface area contributed by atoms with E-state index in [0.29, 0.717) is 17.0 Å². The van der Waals surface area contributed by atoms with Gasteiger partial charge in [-0.3, -0.25) is 4.79 Å². The van der Waals surface area contributed by atoms with Crippen LogP contribution in [0, 0.1) is 12.7 Å². The number of carbonyl (C=O) groups is 2. The second-order valence-electron chi connectivity index (χ2n) is 5.23. The molecular formula is C18H18FNO4. The Bertz CT molecular complexity index is 743. The van der Waals surface area contributed by atoms with E-state index in [-0.39, 0.29) is 0 Å². The van der Waals surface area contributed by atoms with Gasteiger partial charge in [-0.1, -0.05) is 6.07 Å². The van der Waals surface area contributed by atoms with Crippen molar-refractivity contribution in [1.82, 2.24) is 0 Å². The summed E-state index contributed by atoms with van der Waals surface area (Å²) in [4.78, 5) is 24.2. The highest BCUT2D eigenvalue weighted by molar-refractivity contribution is 5.97. The van der Waals surface area contributed by atoms with Gasteiger partial charge in [-0.2, -0.15) is 0 Å². The highest BCUT2D eigenvalue weighted by Gasteiger charge is 2.19. The van der Waals surface area contributed by atoms with Crippen LogP contribution in [0.4, 0.5) is 10.1 Å². The second kappa shape index (κ2) is 7.59. The minimum Gasteiger partial charge on any atom is -0.496 e. The van der Waals surface area contributed by atoms with Crippen LogP contribution in [0.3, 0.4) is 0 Å². The van der Waals surface area contributed by atoms with Crippen molar-refractivity contribution in [2.45, 2.75) is 20.0 Å². The van der Waals surface area contributed by atoms with Gasteiger partial charge in [0.25, 0.3) is 5.91 Å². The number of ether oxygens (including phenoxy) is 2. The van der Waals surface area contributed by atoms with E-state index in [1.807, 2.05) is 6.92 Å². The van der Waals surface area contributed by atoms with Gasteiger partial charge in [-0.05, 0) is 55.8 Å². The van der Waals surface area contributed by atoms with E-state index in [1.165, 1.54) is 38.3 Å². The number of anilines is 1. The molecule has 0 bridgehead atoms. The van der Waals surface area contributed by atoms with Crippen LogP contribution in [0.1, 0.15) is 22.8 Å². The maximum Gasteiger partial charge on any atom is 0.339 e. The monoisotopic (exact) mass is 331 g/mol. The minimum atomic E-state index is -1.00. The number of carbonyl (C=O) groups excluding carboxylic acids is 2. The van der Waals surface area contributed by atoms with Crippen molar-refractivity contribution < 1.29 is 23.5 Å². The molecular weight excluding hydrogens is 313 g/mol. The summed E-state index contributed by atoms with van der Waals surface area (Å²) in [6.07, 6.45) is -1.00. The average Bonchev–Trinajstić information content (AvgIpc) is 2.57. The fraction of sp³-hybridized carbons (Fsp3) is 0.222. The Kier molecular flexibility index (Phi) is 5.52. The van der Waals surface area contributed by atoms with Gasteiger partial charge in [-0.25, -0.2) is 9.18 Å². The Balaban J connectivity index is 2.00. The van der Waals surface area contributed by atoms with Crippen LogP contribution in [0.5, 0.6) is 5.75 Å². The summed E-state index contributed by atoms with van der Waals surface area (Å²) < 4.78 is 23.2. The molecule has 1 atom stereocenters. The van der Waals surface area contributed by atoms with Gasteiger partial charge in [0.2, 0.25) is 0 Å². The first-order valence-corrected chi connectivity index (χ1v) is 7.32. The molecule has 1 amide bonds. The predicted octanol–water partition coefficient (Wildman–Crippen LogP) is 3.33. The molecule has 0 spiro atoms. The number of nitrogens with one attached hydrogen (secondary N) is 1. The number of rotatable bonds is 5. The average molecular weight is 331 g/mol. The van der Waals surface area contributed by atoms with Gasteiger partial charge in [0.15, 0.2) is 6.10 Å². The van der Waals surface area contributed by atoms with Crippen molar-refractivity contribution in [2.75, 3.05) is 12.4 Å². The fourth-order valence-electron chi connectivity index (χ4n) is 2.01. The van der Waals surface area contributed by atoms with E-state index in [9.17, 15) is 14.0 Å². The number of benzene rings is 2. The van der Waals surface area contributed by atoms with Gasteiger partial charge >= 0.3 is 5.97 Å². The first kappa shape index (κ1) is 17.5.